The summed E-state index contributed by atoms with van der Waals surface area (Å²) < 4.78 is 0. The molecule has 0 atom stereocenters. The Morgan fingerprint density at radius 2 is 1.00 bits per heavy atom. The fourth-order valence-corrected chi connectivity index (χ4v) is 0. The predicted molar refractivity (Wildman–Crippen MR) is 68.3 cm³/mol. The zero-order chi connectivity index (χ0) is 13.0. The van der Waals surface area contributed by atoms with Gasteiger partial charge in [0, 0.05) is 39.6 Å². The Kier molecular flexibility index (Phi) is 209. The van der Waals surface area contributed by atoms with Crippen LogP contribution < -0.4 is 0 Å². The first-order chi connectivity index (χ1) is 6.65. The van der Waals surface area contributed by atoms with Crippen molar-refractivity contribution in [3.05, 3.63) is 25.3 Å². The van der Waals surface area contributed by atoms with E-state index in [0.717, 1.165) is 0 Å². The molecule has 0 saturated carbocycles. The minimum Gasteiger partial charge on any atom is -0.394 e. The van der Waals surface area contributed by atoms with Crippen molar-refractivity contribution in [1.29, 1.82) is 0 Å². The number of carbonyl (C=O) groups is 1. The van der Waals surface area contributed by atoms with Crippen LogP contribution >= 0.6 is 11.6 Å². The molecule has 0 aliphatic carbocycles. The molecule has 0 saturated heterocycles. The number of allylic oxidation sites excluding steroid dienone is 2. The molecule has 0 aliphatic heterocycles. The molecule has 15 heavy (non-hydrogen) atoms. The third-order valence-electron chi connectivity index (χ3n) is 0.111. The standard InChI is InChI=1S/C4H4.C2H3ClO.3C2H6.Y/c1-3-4-2;1-2(3)4;3*1-2;/h1-4H;1H3;3*1-2H3;/q-2;;;;;. The minimum atomic E-state index is -0.361. The van der Waals surface area contributed by atoms with Gasteiger partial charge in [-0.15, -0.1) is 0 Å². The Morgan fingerprint density at radius 3 is 1.00 bits per heavy atom. The first-order valence-corrected chi connectivity index (χ1v) is 5.27. The minimum absolute atomic E-state index is 0. The summed E-state index contributed by atoms with van der Waals surface area (Å²) in [5.74, 6) is 0. The number of hydrogen-bond donors (Lipinski definition) is 0. The molecule has 3 heteroatoms. The molecule has 0 bridgehead atoms. The molecule has 0 N–H and O–H groups in total. The number of halogens is 1. The number of rotatable bonds is 1. The Labute approximate surface area is 127 Å². The van der Waals surface area contributed by atoms with Gasteiger partial charge in [-0.1, -0.05) is 41.5 Å². The molecule has 0 unspecified atom stereocenters. The second-order valence-electron chi connectivity index (χ2n) is 0.855. The molecule has 0 aromatic carbocycles. The Balaban J connectivity index is -0.0000000175. The van der Waals surface area contributed by atoms with Crippen LogP contribution in [0.4, 0.5) is 0 Å². The van der Waals surface area contributed by atoms with Crippen molar-refractivity contribution in [1.82, 2.24) is 0 Å². The van der Waals surface area contributed by atoms with E-state index in [0.29, 0.717) is 0 Å². The monoisotopic (exact) mass is 309 g/mol. The van der Waals surface area contributed by atoms with Crippen molar-refractivity contribution in [2.45, 2.75) is 48.5 Å². The molecular weight excluding hydrogens is 284 g/mol. The van der Waals surface area contributed by atoms with E-state index in [-0.39, 0.29) is 38.0 Å². The summed E-state index contributed by atoms with van der Waals surface area (Å²) in [6.45, 7) is 22.7. The van der Waals surface area contributed by atoms with Crippen LogP contribution in [0.1, 0.15) is 48.5 Å². The van der Waals surface area contributed by atoms with E-state index < -0.39 is 0 Å². The molecule has 0 aromatic rings. The van der Waals surface area contributed by atoms with E-state index in [1.807, 2.05) is 41.5 Å². The van der Waals surface area contributed by atoms with E-state index in [1.165, 1.54) is 19.1 Å². The van der Waals surface area contributed by atoms with Gasteiger partial charge >= 0.3 is 0 Å². The first-order valence-electron chi connectivity index (χ1n) is 4.89. The van der Waals surface area contributed by atoms with Gasteiger partial charge in [-0.3, -0.25) is 4.79 Å². The molecule has 0 aromatic heterocycles. The first kappa shape index (κ1) is 36.1. The van der Waals surface area contributed by atoms with Gasteiger partial charge in [0.15, 0.2) is 0 Å². The van der Waals surface area contributed by atoms with Crippen LogP contribution in [0.3, 0.4) is 0 Å². The summed E-state index contributed by atoms with van der Waals surface area (Å²) >= 11 is 4.64. The quantitative estimate of drug-likeness (QED) is 0.386. The number of hydrogen-bond acceptors (Lipinski definition) is 1. The smallest absolute Gasteiger partial charge is 0.218 e. The van der Waals surface area contributed by atoms with Crippen LogP contribution in [0.2, 0.25) is 0 Å². The molecule has 91 valence electrons. The molecular formula is C12H25ClOY-2. The van der Waals surface area contributed by atoms with Gasteiger partial charge in [-0.2, -0.15) is 0 Å². The average molecular weight is 310 g/mol. The van der Waals surface area contributed by atoms with Crippen LogP contribution in [-0.4, -0.2) is 5.24 Å². The van der Waals surface area contributed by atoms with Crippen LogP contribution in [0.15, 0.2) is 12.2 Å². The normalized spacial score (nSPS) is 4.27. The summed E-state index contributed by atoms with van der Waals surface area (Å²) in [5, 5.41) is -0.361. The predicted octanol–water partition coefficient (Wildman–Crippen LogP) is 4.81. The Morgan fingerprint density at radius 1 is 0.933 bits per heavy atom. The zero-order valence-electron chi connectivity index (χ0n) is 11.2. The maximum Gasteiger partial charge on any atom is 0.218 e. The zero-order valence-corrected chi connectivity index (χ0v) is 14.8. The van der Waals surface area contributed by atoms with Crippen LogP contribution in [0.5, 0.6) is 0 Å². The van der Waals surface area contributed by atoms with Gasteiger partial charge in [-0.25, -0.2) is 0 Å². The SMILES string of the molecule is CC.CC.CC.CC(=O)Cl.[CH-]=CC=[CH-].[Y]. The second kappa shape index (κ2) is 86.8. The van der Waals surface area contributed by atoms with Crippen molar-refractivity contribution < 1.29 is 37.5 Å². The molecule has 1 nitrogen and oxygen atoms in total. The fourth-order valence-electron chi connectivity index (χ4n) is 0. The molecule has 0 heterocycles. The Hall–Kier alpha value is 0.544. The second-order valence-corrected chi connectivity index (χ2v) is 1.39. The summed E-state index contributed by atoms with van der Waals surface area (Å²) in [4.78, 5) is 9.21. The molecule has 0 rings (SSSR count). The van der Waals surface area contributed by atoms with Crippen LogP contribution in [-0.2, 0) is 37.5 Å². The van der Waals surface area contributed by atoms with Crippen molar-refractivity contribution >= 4 is 16.8 Å². The molecule has 0 aliphatic rings. The van der Waals surface area contributed by atoms with Gasteiger partial charge in [0.1, 0.15) is 0 Å². The van der Waals surface area contributed by atoms with E-state index in [4.69, 9.17) is 13.2 Å². The van der Waals surface area contributed by atoms with Crippen molar-refractivity contribution in [3.63, 3.8) is 0 Å². The molecule has 0 fully saturated rings. The fraction of sp³-hybridized carbons (Fsp3) is 0.583. The average Bonchev–Trinajstić information content (AvgIpc) is 2.25. The van der Waals surface area contributed by atoms with E-state index in [2.05, 4.69) is 11.6 Å². The van der Waals surface area contributed by atoms with E-state index in [9.17, 15) is 4.79 Å². The maximum atomic E-state index is 9.21. The Bertz CT molecular complexity index is 83.6. The summed E-state index contributed by atoms with van der Waals surface area (Å²) in [5.41, 5.74) is 0. The summed E-state index contributed by atoms with van der Waals surface area (Å²) in [6.07, 6.45) is 2.56. The topological polar surface area (TPSA) is 17.1 Å². The maximum absolute atomic E-state index is 9.21. The van der Waals surface area contributed by atoms with Crippen LogP contribution in [0.25, 0.3) is 0 Å². The van der Waals surface area contributed by atoms with Crippen molar-refractivity contribution in [2.24, 2.45) is 0 Å². The summed E-state index contributed by atoms with van der Waals surface area (Å²) in [6, 6.07) is 0. The van der Waals surface area contributed by atoms with Gasteiger partial charge in [-0.05, 0) is 11.6 Å². The third-order valence-corrected chi connectivity index (χ3v) is 0.111. The van der Waals surface area contributed by atoms with Gasteiger partial charge in [0.2, 0.25) is 5.24 Å². The third kappa shape index (κ3) is 960. The van der Waals surface area contributed by atoms with Crippen molar-refractivity contribution in [3.8, 4) is 0 Å². The van der Waals surface area contributed by atoms with Gasteiger partial charge in [0.25, 0.3) is 0 Å². The van der Waals surface area contributed by atoms with Crippen molar-refractivity contribution in [2.75, 3.05) is 0 Å². The molecule has 1 radical (unpaired) electrons. The summed E-state index contributed by atoms with van der Waals surface area (Å²) in [7, 11) is 0. The molecule has 0 spiro atoms. The van der Waals surface area contributed by atoms with E-state index >= 15 is 0 Å². The number of carbonyl (C=O) groups excluding carboxylic acids is 1. The largest absolute Gasteiger partial charge is 0.394 e. The van der Waals surface area contributed by atoms with Crippen LogP contribution in [0, 0.1) is 13.2 Å². The molecule has 0 amide bonds. The van der Waals surface area contributed by atoms with Gasteiger partial charge < -0.3 is 25.3 Å². The van der Waals surface area contributed by atoms with Gasteiger partial charge in [0.05, 0.1) is 0 Å². The van der Waals surface area contributed by atoms with E-state index in [1.54, 1.807) is 0 Å².